The summed E-state index contributed by atoms with van der Waals surface area (Å²) < 4.78 is 30.7. The summed E-state index contributed by atoms with van der Waals surface area (Å²) in [6.45, 7) is 8.61. The first kappa shape index (κ1) is 51.7. The van der Waals surface area contributed by atoms with Crippen LogP contribution in [-0.2, 0) is 23.0 Å². The molecule has 0 aromatic rings. The predicted octanol–water partition coefficient (Wildman–Crippen LogP) is 14.1. The molecule has 0 bridgehead atoms. The summed E-state index contributed by atoms with van der Waals surface area (Å²) >= 11 is 0. The van der Waals surface area contributed by atoms with Gasteiger partial charge in [-0.2, -0.15) is 0 Å². The first-order valence-corrected chi connectivity index (χ1v) is 23.4. The largest absolute Gasteiger partial charge is 0.379 e. The SMILES string of the molecule is CCCCCCCC/C=C\CCCCCCCCOC[C@H](COP(OC)OCC[N+](C)(C)C)OCCCCCCCC/C=C\CCCCCCCC. The van der Waals surface area contributed by atoms with Crippen LogP contribution >= 0.6 is 8.60 Å². The zero-order chi connectivity index (χ0) is 38.1. The molecule has 6 nitrogen and oxygen atoms in total. The van der Waals surface area contributed by atoms with E-state index in [1.807, 2.05) is 0 Å². The van der Waals surface area contributed by atoms with Gasteiger partial charge in [0.2, 0.25) is 0 Å². The van der Waals surface area contributed by atoms with Crippen molar-refractivity contribution in [3.05, 3.63) is 24.3 Å². The summed E-state index contributed by atoms with van der Waals surface area (Å²) in [5.41, 5.74) is 0. The maximum Gasteiger partial charge on any atom is 0.332 e. The number of unbranched alkanes of at least 4 members (excludes halogenated alkanes) is 24. The lowest BCUT2D eigenvalue weighted by Gasteiger charge is -2.25. The van der Waals surface area contributed by atoms with E-state index in [0.29, 0.717) is 19.8 Å². The molecule has 0 rings (SSSR count). The molecule has 52 heavy (non-hydrogen) atoms. The average molecular weight is 757 g/mol. The predicted molar refractivity (Wildman–Crippen MR) is 228 cm³/mol. The summed E-state index contributed by atoms with van der Waals surface area (Å²) in [6.07, 6.45) is 46.4. The van der Waals surface area contributed by atoms with Gasteiger partial charge in [0.15, 0.2) is 0 Å². The molecule has 0 fully saturated rings. The van der Waals surface area contributed by atoms with Gasteiger partial charge in [0.05, 0.1) is 34.4 Å². The second-order valence-corrected chi connectivity index (χ2v) is 17.3. The van der Waals surface area contributed by atoms with Crippen molar-refractivity contribution in [2.24, 2.45) is 0 Å². The van der Waals surface area contributed by atoms with Crippen LogP contribution in [-0.4, -0.2) is 78.4 Å². The summed E-state index contributed by atoms with van der Waals surface area (Å²) in [6, 6.07) is 0. The third-order valence-corrected chi connectivity index (χ3v) is 10.6. The minimum absolute atomic E-state index is 0.0978. The third kappa shape index (κ3) is 42.4. The van der Waals surface area contributed by atoms with Gasteiger partial charge in [-0.1, -0.05) is 154 Å². The molecule has 0 aliphatic heterocycles. The van der Waals surface area contributed by atoms with Crippen LogP contribution in [0.5, 0.6) is 0 Å². The quantitative estimate of drug-likeness (QED) is 0.0268. The molecule has 1 unspecified atom stereocenters. The normalized spacial score (nSPS) is 13.6. The monoisotopic (exact) mass is 757 g/mol. The highest BCUT2D eigenvalue weighted by Gasteiger charge is 2.18. The number of hydrogen-bond acceptors (Lipinski definition) is 5. The van der Waals surface area contributed by atoms with Crippen LogP contribution in [0.2, 0.25) is 0 Å². The van der Waals surface area contributed by atoms with Gasteiger partial charge >= 0.3 is 8.60 Å². The lowest BCUT2D eigenvalue weighted by atomic mass is 10.1. The second-order valence-electron chi connectivity index (χ2n) is 16.0. The first-order valence-electron chi connectivity index (χ1n) is 22.3. The third-order valence-electron chi connectivity index (χ3n) is 9.59. The maximum absolute atomic E-state index is 6.28. The van der Waals surface area contributed by atoms with Gasteiger partial charge < -0.3 is 27.5 Å². The Balaban J connectivity index is 4.09. The van der Waals surface area contributed by atoms with Crippen LogP contribution in [0.3, 0.4) is 0 Å². The number of ether oxygens (including phenoxy) is 2. The van der Waals surface area contributed by atoms with E-state index >= 15 is 0 Å². The van der Waals surface area contributed by atoms with Crippen LogP contribution in [0, 0.1) is 0 Å². The number of likely N-dealkylation sites (N-methyl/N-ethyl adjacent to an activating group) is 1. The molecule has 0 aromatic heterocycles. The zero-order valence-electron chi connectivity index (χ0n) is 35.9. The van der Waals surface area contributed by atoms with Gasteiger partial charge in [-0.25, -0.2) is 0 Å². The van der Waals surface area contributed by atoms with Crippen molar-refractivity contribution in [1.29, 1.82) is 0 Å². The van der Waals surface area contributed by atoms with Gasteiger partial charge in [0, 0.05) is 20.3 Å². The maximum atomic E-state index is 6.28. The van der Waals surface area contributed by atoms with E-state index in [1.54, 1.807) is 7.11 Å². The molecule has 0 heterocycles. The van der Waals surface area contributed by atoms with E-state index in [2.05, 4.69) is 59.3 Å². The van der Waals surface area contributed by atoms with Gasteiger partial charge in [-0.3, -0.25) is 0 Å². The van der Waals surface area contributed by atoms with Crippen molar-refractivity contribution < 1.29 is 27.5 Å². The number of quaternary nitrogens is 1. The van der Waals surface area contributed by atoms with Gasteiger partial charge in [0.25, 0.3) is 0 Å². The van der Waals surface area contributed by atoms with Crippen molar-refractivity contribution in [3.63, 3.8) is 0 Å². The highest BCUT2D eigenvalue weighted by Crippen LogP contribution is 2.38. The van der Waals surface area contributed by atoms with Crippen molar-refractivity contribution in [3.8, 4) is 0 Å². The smallest absolute Gasteiger partial charge is 0.332 e. The number of nitrogens with zero attached hydrogens (tertiary/aromatic N) is 1. The molecule has 310 valence electrons. The Labute approximate surface area is 327 Å². The van der Waals surface area contributed by atoms with Crippen LogP contribution in [0.1, 0.15) is 194 Å². The summed E-state index contributed by atoms with van der Waals surface area (Å²) in [7, 11) is 6.76. The van der Waals surface area contributed by atoms with E-state index in [1.165, 1.54) is 167 Å². The second kappa shape index (κ2) is 41.8. The molecule has 0 spiro atoms. The van der Waals surface area contributed by atoms with Gasteiger partial charge in [-0.15, -0.1) is 0 Å². The molecule has 7 heteroatoms. The van der Waals surface area contributed by atoms with Crippen LogP contribution in [0.15, 0.2) is 24.3 Å². The van der Waals surface area contributed by atoms with Crippen molar-refractivity contribution >= 4 is 8.60 Å². The standard InChI is InChI=1S/C45H91NO5P/c1-7-9-11-13-15-17-19-21-23-25-27-29-31-33-35-37-40-48-43-45(44-51-52(47-6)50-42-39-46(3,4)5)49-41-38-36-34-32-30-28-26-24-22-20-18-16-14-12-10-8-2/h21-24,45H,7-20,25-44H2,1-6H3/q+1/b23-21-,24-22-/t45-,52?/m1/s1. The summed E-state index contributed by atoms with van der Waals surface area (Å²) in [4.78, 5) is 0. The molecule has 0 radical (unpaired) electrons. The van der Waals surface area contributed by atoms with E-state index < -0.39 is 8.60 Å². The molecule has 0 amide bonds. The molecular weight excluding hydrogens is 665 g/mol. The molecule has 2 atom stereocenters. The van der Waals surface area contributed by atoms with Gasteiger partial charge in [-0.05, 0) is 64.2 Å². The Morgan fingerprint density at radius 1 is 0.462 bits per heavy atom. The minimum Gasteiger partial charge on any atom is -0.379 e. The molecule has 0 saturated heterocycles. The first-order chi connectivity index (χ1) is 25.4. The highest BCUT2D eigenvalue weighted by molar-refractivity contribution is 7.41. The van der Waals surface area contributed by atoms with Crippen LogP contribution < -0.4 is 0 Å². The molecule has 0 aliphatic rings. The van der Waals surface area contributed by atoms with E-state index in [0.717, 1.165) is 37.1 Å². The van der Waals surface area contributed by atoms with Crippen LogP contribution in [0.25, 0.3) is 0 Å². The Hall–Kier alpha value is -0.330. The highest BCUT2D eigenvalue weighted by atomic mass is 31.2. The molecule has 0 aliphatic carbocycles. The Morgan fingerprint density at radius 2 is 0.865 bits per heavy atom. The average Bonchev–Trinajstić information content (AvgIpc) is 3.12. The Kier molecular flexibility index (Phi) is 41.6. The van der Waals surface area contributed by atoms with Gasteiger partial charge in [0.1, 0.15) is 19.3 Å². The fourth-order valence-electron chi connectivity index (χ4n) is 6.09. The van der Waals surface area contributed by atoms with Crippen molar-refractivity contribution in [2.75, 3.05) is 67.8 Å². The fraction of sp³-hybridized carbons (Fsp3) is 0.911. The lowest BCUT2D eigenvalue weighted by Crippen LogP contribution is -2.37. The topological polar surface area (TPSA) is 46.2 Å². The molecule has 0 saturated carbocycles. The Bertz CT molecular complexity index is 744. The fourth-order valence-corrected chi connectivity index (χ4v) is 6.89. The van der Waals surface area contributed by atoms with Crippen LogP contribution in [0.4, 0.5) is 0 Å². The summed E-state index contributed by atoms with van der Waals surface area (Å²) in [5.74, 6) is 0. The molecule has 0 N–H and O–H groups in total. The van der Waals surface area contributed by atoms with Crippen molar-refractivity contribution in [1.82, 2.24) is 0 Å². The number of allylic oxidation sites excluding steroid dienone is 4. The minimum atomic E-state index is -1.38. The van der Waals surface area contributed by atoms with E-state index in [4.69, 9.17) is 23.0 Å². The Morgan fingerprint density at radius 3 is 1.29 bits per heavy atom. The van der Waals surface area contributed by atoms with Crippen molar-refractivity contribution in [2.45, 2.75) is 200 Å². The molecule has 0 aromatic carbocycles. The van der Waals surface area contributed by atoms with E-state index in [-0.39, 0.29) is 6.10 Å². The molecular formula is C45H91NO5P+. The van der Waals surface area contributed by atoms with E-state index in [9.17, 15) is 0 Å². The lowest BCUT2D eigenvalue weighted by molar-refractivity contribution is -0.870. The number of hydrogen-bond donors (Lipinski definition) is 0. The zero-order valence-corrected chi connectivity index (χ0v) is 36.8. The summed E-state index contributed by atoms with van der Waals surface area (Å²) in [5, 5.41) is 0. The number of rotatable bonds is 43.